The molecule has 2 fully saturated rings. The second kappa shape index (κ2) is 12.3. The predicted molar refractivity (Wildman–Crippen MR) is 107 cm³/mol. The lowest BCUT2D eigenvalue weighted by Gasteiger charge is -2.42. The van der Waals surface area contributed by atoms with Crippen LogP contribution in [0.15, 0.2) is 0 Å². The number of hydrogen-bond donors (Lipinski definition) is 6. The fourth-order valence-electron chi connectivity index (χ4n) is 4.10. The molecule has 180 valence electrons. The summed E-state index contributed by atoms with van der Waals surface area (Å²) in [7, 11) is -0.543. The van der Waals surface area contributed by atoms with Crippen LogP contribution in [0.3, 0.4) is 0 Å². The lowest BCUT2D eigenvalue weighted by molar-refractivity contribution is -0.301. The Kier molecular flexibility index (Phi) is 10.5. The number of aliphatic hydroxyl groups excluding tert-OH is 4. The van der Waals surface area contributed by atoms with Crippen LogP contribution in [0.1, 0.15) is 44.9 Å². The third kappa shape index (κ3) is 6.31. The van der Waals surface area contributed by atoms with E-state index in [-0.39, 0.29) is 12.5 Å². The average Bonchev–Trinajstić information content (AvgIpc) is 2.73. The second-order valence-electron chi connectivity index (χ2n) is 8.04. The van der Waals surface area contributed by atoms with E-state index in [0.29, 0.717) is 19.3 Å². The summed E-state index contributed by atoms with van der Waals surface area (Å²) in [4.78, 5) is 28.2. The van der Waals surface area contributed by atoms with Crippen molar-refractivity contribution in [3.63, 3.8) is 0 Å². The molecule has 0 bridgehead atoms. The van der Waals surface area contributed by atoms with Crippen molar-refractivity contribution in [1.82, 2.24) is 0 Å². The van der Waals surface area contributed by atoms with Gasteiger partial charge in [-0.2, -0.15) is 5.90 Å². The smallest absolute Gasteiger partial charge is 0.341 e. The summed E-state index contributed by atoms with van der Waals surface area (Å²) in [5.41, 5.74) is 3.89. The fourth-order valence-corrected chi connectivity index (χ4v) is 4.41. The van der Waals surface area contributed by atoms with Gasteiger partial charge in [-0.1, -0.05) is 25.7 Å². The molecular formula is C18H33N2O10P. The lowest BCUT2D eigenvalue weighted by Crippen LogP contribution is -2.59. The van der Waals surface area contributed by atoms with Crippen LogP contribution in [0.5, 0.6) is 0 Å². The standard InChI is InChI=1S/C18H33N2O10P/c19-29-16(25)18(17(26)30-31-20)7-10(8-18)5-3-1-2-4-6-27-15-14(24)13(23)12(22)11(9-21)28-15/h10-15,21-24,31H,1-9,19-20H2/t10?,11-,12-,13+,14-,15?,18?/m1/s1. The Hall–Kier alpha value is -0.950. The van der Waals surface area contributed by atoms with Gasteiger partial charge in [-0.05, 0) is 25.2 Å². The number of nitrogens with two attached hydrogens (primary N) is 2. The molecule has 2 unspecified atom stereocenters. The zero-order valence-corrected chi connectivity index (χ0v) is 18.2. The van der Waals surface area contributed by atoms with Gasteiger partial charge in [0.05, 0.1) is 6.61 Å². The molecule has 2 aliphatic rings. The molecular weight excluding hydrogens is 435 g/mol. The quantitative estimate of drug-likeness (QED) is 0.0845. The summed E-state index contributed by atoms with van der Waals surface area (Å²) >= 11 is 0. The first-order chi connectivity index (χ1) is 14.8. The average molecular weight is 468 g/mol. The van der Waals surface area contributed by atoms with Gasteiger partial charge in [0.2, 0.25) is 0 Å². The van der Waals surface area contributed by atoms with Crippen LogP contribution < -0.4 is 11.4 Å². The minimum absolute atomic E-state index is 0.193. The molecule has 31 heavy (non-hydrogen) atoms. The van der Waals surface area contributed by atoms with Crippen LogP contribution in [-0.2, 0) is 28.4 Å². The maximum Gasteiger partial charge on any atom is 0.341 e. The minimum Gasteiger partial charge on any atom is -0.431 e. The van der Waals surface area contributed by atoms with E-state index in [4.69, 9.17) is 30.5 Å². The van der Waals surface area contributed by atoms with Gasteiger partial charge in [-0.25, -0.2) is 4.79 Å². The Bertz CT molecular complexity index is 590. The molecule has 1 saturated carbocycles. The van der Waals surface area contributed by atoms with Crippen molar-refractivity contribution in [2.45, 2.75) is 75.7 Å². The van der Waals surface area contributed by atoms with E-state index in [1.165, 1.54) is 0 Å². The van der Waals surface area contributed by atoms with Crippen molar-refractivity contribution >= 4 is 20.9 Å². The van der Waals surface area contributed by atoms with Crippen LogP contribution in [0.4, 0.5) is 0 Å². The first kappa shape index (κ1) is 26.3. The van der Waals surface area contributed by atoms with Gasteiger partial charge in [-0.15, -0.1) is 0 Å². The van der Waals surface area contributed by atoms with Crippen molar-refractivity contribution in [2.75, 3.05) is 13.2 Å². The van der Waals surface area contributed by atoms with E-state index < -0.39 is 63.6 Å². The Balaban J connectivity index is 1.60. The number of hydrogen-bond acceptors (Lipinski definition) is 12. The Morgan fingerprint density at radius 2 is 1.71 bits per heavy atom. The summed E-state index contributed by atoms with van der Waals surface area (Å²) < 4.78 is 15.5. The molecule has 0 amide bonds. The van der Waals surface area contributed by atoms with Crippen LogP contribution in [0.25, 0.3) is 0 Å². The molecule has 0 radical (unpaired) electrons. The van der Waals surface area contributed by atoms with Gasteiger partial charge < -0.3 is 39.3 Å². The van der Waals surface area contributed by atoms with E-state index in [1.54, 1.807) is 0 Å². The molecule has 2 rings (SSSR count). The second-order valence-corrected chi connectivity index (χ2v) is 8.48. The summed E-state index contributed by atoms with van der Waals surface area (Å²) in [6, 6.07) is 0. The lowest BCUT2D eigenvalue weighted by atomic mass is 9.60. The minimum atomic E-state index is -1.45. The molecule has 13 heteroatoms. The zero-order valence-electron chi connectivity index (χ0n) is 17.2. The van der Waals surface area contributed by atoms with E-state index in [2.05, 4.69) is 4.84 Å². The third-order valence-corrected chi connectivity index (χ3v) is 6.25. The molecule has 1 aliphatic carbocycles. The highest BCUT2D eigenvalue weighted by atomic mass is 31.1. The molecule has 0 aromatic carbocycles. The van der Waals surface area contributed by atoms with Crippen molar-refractivity contribution in [3.8, 4) is 0 Å². The Morgan fingerprint density at radius 3 is 2.32 bits per heavy atom. The van der Waals surface area contributed by atoms with E-state index in [0.717, 1.165) is 25.7 Å². The number of carbonyl (C=O) groups excluding carboxylic acids is 2. The van der Waals surface area contributed by atoms with Crippen LogP contribution in [0.2, 0.25) is 0 Å². The van der Waals surface area contributed by atoms with Gasteiger partial charge >= 0.3 is 11.9 Å². The Morgan fingerprint density at radius 1 is 1.03 bits per heavy atom. The Labute approximate surface area is 182 Å². The van der Waals surface area contributed by atoms with Crippen molar-refractivity contribution < 1.29 is 48.9 Å². The third-order valence-electron chi connectivity index (χ3n) is 5.95. The van der Waals surface area contributed by atoms with E-state index in [1.807, 2.05) is 0 Å². The number of unbranched alkanes of at least 4 members (excludes halogenated alkanes) is 3. The fraction of sp³-hybridized carbons (Fsp3) is 0.889. The molecule has 12 nitrogen and oxygen atoms in total. The van der Waals surface area contributed by atoms with Crippen molar-refractivity contribution in [2.24, 2.45) is 22.7 Å². The molecule has 8 N–H and O–H groups in total. The number of ether oxygens (including phenoxy) is 2. The van der Waals surface area contributed by atoms with Gasteiger partial charge in [-0.3, -0.25) is 10.3 Å². The topological polar surface area (TPSA) is 204 Å². The number of carbonyl (C=O) groups is 2. The molecule has 0 spiro atoms. The molecule has 1 heterocycles. The van der Waals surface area contributed by atoms with Crippen molar-refractivity contribution in [3.05, 3.63) is 0 Å². The van der Waals surface area contributed by atoms with Gasteiger partial charge in [0, 0.05) is 6.61 Å². The first-order valence-corrected chi connectivity index (χ1v) is 11.3. The number of aliphatic hydroxyl groups is 4. The maximum atomic E-state index is 12.0. The van der Waals surface area contributed by atoms with Crippen molar-refractivity contribution in [1.29, 1.82) is 0 Å². The van der Waals surface area contributed by atoms with Gasteiger partial charge in [0.15, 0.2) is 11.7 Å². The summed E-state index contributed by atoms with van der Waals surface area (Å²) in [6.07, 6.45) is -1.55. The van der Waals surface area contributed by atoms with E-state index >= 15 is 0 Å². The molecule has 1 aliphatic heterocycles. The summed E-state index contributed by atoms with van der Waals surface area (Å²) in [6.45, 7) is -0.218. The largest absolute Gasteiger partial charge is 0.431 e. The van der Waals surface area contributed by atoms with Crippen LogP contribution >= 0.6 is 8.96 Å². The highest BCUT2D eigenvalue weighted by molar-refractivity contribution is 7.29. The van der Waals surface area contributed by atoms with Crippen LogP contribution in [0, 0.1) is 11.3 Å². The summed E-state index contributed by atoms with van der Waals surface area (Å²) in [5.74, 6) is 3.66. The number of rotatable bonds is 12. The molecule has 0 aromatic heterocycles. The van der Waals surface area contributed by atoms with Gasteiger partial charge in [0.25, 0.3) is 0 Å². The highest BCUT2D eigenvalue weighted by Gasteiger charge is 2.58. The SMILES string of the molecule is NOC(=O)C1(C(=O)OPN)CC(CCCCCCOC2O[C@H](CO)[C@@H](O)[C@H](O)[C@H]2O)C1. The molecule has 1 saturated heterocycles. The highest BCUT2D eigenvalue weighted by Crippen LogP contribution is 2.50. The van der Waals surface area contributed by atoms with Crippen LogP contribution in [-0.4, -0.2) is 76.3 Å². The van der Waals surface area contributed by atoms with Gasteiger partial charge in [0.1, 0.15) is 33.4 Å². The normalized spacial score (nSPS) is 35.7. The molecule has 6 atom stereocenters. The van der Waals surface area contributed by atoms with E-state index in [9.17, 15) is 24.9 Å². The zero-order chi connectivity index (χ0) is 23.0. The monoisotopic (exact) mass is 468 g/mol. The predicted octanol–water partition coefficient (Wildman–Crippen LogP) is -1.42. The first-order valence-electron chi connectivity index (χ1n) is 10.3. The molecule has 0 aromatic rings. The maximum absolute atomic E-state index is 12.0. The summed E-state index contributed by atoms with van der Waals surface area (Å²) in [5, 5.41) is 38.5.